The molecule has 67 valence electrons. The van der Waals surface area contributed by atoms with Crippen LogP contribution in [0.15, 0.2) is 0 Å². The van der Waals surface area contributed by atoms with E-state index in [1.165, 1.54) is 0 Å². The lowest BCUT2D eigenvalue weighted by Gasteiger charge is -2.21. The van der Waals surface area contributed by atoms with Crippen molar-refractivity contribution < 1.29 is 26.3 Å². The zero-order valence-electron chi connectivity index (χ0n) is 4.85. The van der Waals surface area contributed by atoms with Crippen molar-refractivity contribution in [1.29, 1.82) is 0 Å². The van der Waals surface area contributed by atoms with Crippen molar-refractivity contribution in [3.63, 3.8) is 0 Å². The molecule has 0 saturated carbocycles. The molecule has 0 aliphatic rings. The van der Waals surface area contributed by atoms with E-state index in [4.69, 9.17) is 0 Å². The zero-order valence-corrected chi connectivity index (χ0v) is 5.61. The van der Waals surface area contributed by atoms with Gasteiger partial charge in [-0.3, -0.25) is 0 Å². The molecule has 0 rings (SSSR count). The highest BCUT2D eigenvalue weighted by molar-refractivity contribution is 6.27. The van der Waals surface area contributed by atoms with E-state index >= 15 is 0 Å². The summed E-state index contributed by atoms with van der Waals surface area (Å²) in [6.07, 6.45) is -5.82. The molecular weight excluding hydrogens is 197 g/mol. The van der Waals surface area contributed by atoms with E-state index in [0.717, 1.165) is 0 Å². The maximum absolute atomic E-state index is 11.8. The third-order valence-corrected chi connectivity index (χ3v) is 1.15. The van der Waals surface area contributed by atoms with Gasteiger partial charge in [-0.05, 0) is 0 Å². The molecule has 0 aromatic carbocycles. The summed E-state index contributed by atoms with van der Waals surface area (Å²) in [7, 11) is 0. The van der Waals surface area contributed by atoms with Crippen molar-refractivity contribution in [3.8, 4) is 0 Å². The van der Waals surface area contributed by atoms with Crippen LogP contribution in [-0.4, -0.2) is 18.8 Å². The summed E-state index contributed by atoms with van der Waals surface area (Å²) in [6, 6.07) is 0. The fourth-order valence-corrected chi connectivity index (χ4v) is 0.345. The topological polar surface area (TPSA) is 0 Å². The lowest BCUT2D eigenvalue weighted by atomic mass is 10.2. The Labute approximate surface area is 63.1 Å². The Morgan fingerprint density at radius 1 is 1.09 bits per heavy atom. The van der Waals surface area contributed by atoms with Crippen molar-refractivity contribution in [3.05, 3.63) is 5.38 Å². The van der Waals surface area contributed by atoms with Gasteiger partial charge >= 0.3 is 12.1 Å². The smallest absolute Gasteiger partial charge is 0.249 e. The summed E-state index contributed by atoms with van der Waals surface area (Å²) in [5.41, 5.74) is 0. The number of alkyl halides is 6. The van der Waals surface area contributed by atoms with Crippen LogP contribution >= 0.6 is 11.6 Å². The normalized spacial score (nSPS) is 14.2. The first-order valence-corrected chi connectivity index (χ1v) is 2.63. The standard InChI is InChI=1S/C4H2ClF6/c5-2(1-6)3(7,8)4(9,10)11/h1H2. The minimum Gasteiger partial charge on any atom is -0.249 e. The highest BCUT2D eigenvalue weighted by Crippen LogP contribution is 2.44. The van der Waals surface area contributed by atoms with Crippen LogP contribution < -0.4 is 0 Å². The summed E-state index contributed by atoms with van der Waals surface area (Å²) in [4.78, 5) is 0. The minimum absolute atomic E-state index is 2.01. The summed E-state index contributed by atoms with van der Waals surface area (Å²) in [6.45, 7) is -2.01. The van der Waals surface area contributed by atoms with Crippen LogP contribution in [0, 0.1) is 5.38 Å². The van der Waals surface area contributed by atoms with E-state index in [1.54, 1.807) is 0 Å². The second-order valence-corrected chi connectivity index (χ2v) is 2.07. The number of rotatable bonds is 2. The fourth-order valence-electron chi connectivity index (χ4n) is 0.238. The molecule has 0 spiro atoms. The molecule has 0 atom stereocenters. The van der Waals surface area contributed by atoms with Gasteiger partial charge in [0.05, 0.1) is 0 Å². The molecule has 0 aromatic rings. The van der Waals surface area contributed by atoms with Crippen LogP contribution in [-0.2, 0) is 0 Å². The Hall–Kier alpha value is -0.130. The van der Waals surface area contributed by atoms with Gasteiger partial charge in [0.1, 0.15) is 6.67 Å². The zero-order chi connectivity index (χ0) is 9.28. The summed E-state index contributed by atoms with van der Waals surface area (Å²) >= 11 is 4.31. The maximum atomic E-state index is 11.8. The highest BCUT2D eigenvalue weighted by atomic mass is 35.5. The molecule has 0 aliphatic heterocycles. The minimum atomic E-state index is -5.82. The Kier molecular flexibility index (Phi) is 3.05. The molecule has 0 bridgehead atoms. The number of hydrogen-bond donors (Lipinski definition) is 0. The number of hydrogen-bond acceptors (Lipinski definition) is 0. The molecule has 0 N–H and O–H groups in total. The molecule has 0 aromatic heterocycles. The van der Waals surface area contributed by atoms with Crippen molar-refractivity contribution >= 4 is 11.6 Å². The van der Waals surface area contributed by atoms with Crippen molar-refractivity contribution in [1.82, 2.24) is 0 Å². The van der Waals surface area contributed by atoms with Crippen LogP contribution in [0.5, 0.6) is 0 Å². The van der Waals surface area contributed by atoms with Gasteiger partial charge in [-0.1, -0.05) is 0 Å². The molecule has 0 fully saturated rings. The van der Waals surface area contributed by atoms with E-state index < -0.39 is 24.2 Å². The number of halogens is 7. The van der Waals surface area contributed by atoms with Gasteiger partial charge in [-0.25, -0.2) is 4.39 Å². The van der Waals surface area contributed by atoms with E-state index in [-0.39, 0.29) is 0 Å². The van der Waals surface area contributed by atoms with E-state index in [1.807, 2.05) is 0 Å². The molecular formula is C4H2ClF6. The first kappa shape index (κ1) is 10.9. The quantitative estimate of drug-likeness (QED) is 0.600. The largest absolute Gasteiger partial charge is 0.455 e. The predicted molar refractivity (Wildman–Crippen MR) is 26.1 cm³/mol. The second-order valence-electron chi connectivity index (χ2n) is 1.61. The van der Waals surface area contributed by atoms with Gasteiger partial charge in [0.2, 0.25) is 0 Å². The first-order valence-electron chi connectivity index (χ1n) is 2.25. The molecule has 7 heteroatoms. The van der Waals surface area contributed by atoms with Crippen molar-refractivity contribution in [2.45, 2.75) is 12.1 Å². The van der Waals surface area contributed by atoms with E-state index in [0.29, 0.717) is 0 Å². The Balaban J connectivity index is 4.45. The van der Waals surface area contributed by atoms with Gasteiger partial charge < -0.3 is 0 Å². The van der Waals surface area contributed by atoms with Gasteiger partial charge in [-0.2, -0.15) is 22.0 Å². The Morgan fingerprint density at radius 2 is 1.45 bits per heavy atom. The fraction of sp³-hybridized carbons (Fsp3) is 0.750. The average Bonchev–Trinajstić information content (AvgIpc) is 1.83. The van der Waals surface area contributed by atoms with Crippen molar-refractivity contribution in [2.24, 2.45) is 0 Å². The summed E-state index contributed by atoms with van der Waals surface area (Å²) < 4.78 is 68.6. The third kappa shape index (κ3) is 2.15. The predicted octanol–water partition coefficient (Wildman–Crippen LogP) is 2.92. The molecule has 0 nitrogen and oxygen atoms in total. The van der Waals surface area contributed by atoms with Gasteiger partial charge in [0.25, 0.3) is 0 Å². The molecule has 11 heavy (non-hydrogen) atoms. The van der Waals surface area contributed by atoms with E-state index in [9.17, 15) is 26.3 Å². The lowest BCUT2D eigenvalue weighted by Crippen LogP contribution is -2.40. The van der Waals surface area contributed by atoms with Crippen LogP contribution in [0.25, 0.3) is 0 Å². The molecule has 0 saturated heterocycles. The molecule has 0 heterocycles. The molecule has 0 unspecified atom stereocenters. The summed E-state index contributed by atoms with van der Waals surface area (Å²) in [5.74, 6) is -5.25. The van der Waals surface area contributed by atoms with Gasteiger partial charge in [0, 0.05) is 0 Å². The van der Waals surface area contributed by atoms with Crippen LogP contribution in [0.3, 0.4) is 0 Å². The maximum Gasteiger partial charge on any atom is 0.455 e. The van der Waals surface area contributed by atoms with Gasteiger partial charge in [-0.15, -0.1) is 11.6 Å². The highest BCUT2D eigenvalue weighted by Gasteiger charge is 2.62. The van der Waals surface area contributed by atoms with Crippen LogP contribution in [0.4, 0.5) is 26.3 Å². The Morgan fingerprint density at radius 3 is 1.55 bits per heavy atom. The summed E-state index contributed by atoms with van der Waals surface area (Å²) in [5, 5.41) is -2.05. The monoisotopic (exact) mass is 199 g/mol. The molecule has 0 aliphatic carbocycles. The second kappa shape index (κ2) is 3.08. The van der Waals surface area contributed by atoms with Crippen molar-refractivity contribution in [2.75, 3.05) is 6.67 Å². The van der Waals surface area contributed by atoms with Crippen LogP contribution in [0.2, 0.25) is 0 Å². The van der Waals surface area contributed by atoms with Gasteiger partial charge in [0.15, 0.2) is 5.38 Å². The third-order valence-electron chi connectivity index (χ3n) is 0.814. The SMILES string of the molecule is FC[C](Cl)C(F)(F)C(F)(F)F. The Bertz CT molecular complexity index is 129. The van der Waals surface area contributed by atoms with Crippen LogP contribution in [0.1, 0.15) is 0 Å². The molecule has 0 amide bonds. The lowest BCUT2D eigenvalue weighted by molar-refractivity contribution is -0.270. The molecule has 1 radical (unpaired) electrons. The first-order chi connectivity index (χ1) is 4.73. The average molecular weight is 200 g/mol. The van der Waals surface area contributed by atoms with E-state index in [2.05, 4.69) is 11.6 Å².